The Labute approximate surface area is 117 Å². The first kappa shape index (κ1) is 15.2. The van der Waals surface area contributed by atoms with Crippen molar-refractivity contribution in [3.63, 3.8) is 0 Å². The van der Waals surface area contributed by atoms with E-state index >= 15 is 0 Å². The van der Waals surface area contributed by atoms with Crippen molar-refractivity contribution in [1.29, 1.82) is 0 Å². The Balaban J connectivity index is 2.70. The molecule has 18 heavy (non-hydrogen) atoms. The van der Waals surface area contributed by atoms with Gasteiger partial charge in [-0.15, -0.1) is 6.58 Å². The molecule has 0 bridgehead atoms. The van der Waals surface area contributed by atoms with Crippen LogP contribution in [0.3, 0.4) is 0 Å². The Morgan fingerprint density at radius 3 is 2.56 bits per heavy atom. The molecule has 2 heteroatoms. The molecule has 1 rings (SSSR count). The number of rotatable bonds is 6. The molecular formula is C16H24OS. The monoisotopic (exact) mass is 264 g/mol. The summed E-state index contributed by atoms with van der Waals surface area (Å²) >= 11 is 4.43. The zero-order chi connectivity index (χ0) is 13.6. The van der Waals surface area contributed by atoms with E-state index < -0.39 is 0 Å². The second-order valence-electron chi connectivity index (χ2n) is 5.66. The Bertz CT molecular complexity index is 379. The summed E-state index contributed by atoms with van der Waals surface area (Å²) in [6, 6.07) is 8.15. The smallest absolute Gasteiger partial charge is 0.122 e. The van der Waals surface area contributed by atoms with E-state index in [0.717, 1.165) is 17.9 Å². The Kier molecular flexibility index (Phi) is 5.80. The van der Waals surface area contributed by atoms with E-state index in [-0.39, 0.29) is 5.41 Å². The van der Waals surface area contributed by atoms with Crippen LogP contribution in [0, 0.1) is 11.3 Å². The molecule has 0 fully saturated rings. The molecule has 1 nitrogen and oxygen atoms in total. The molecule has 0 spiro atoms. The summed E-state index contributed by atoms with van der Waals surface area (Å²) < 4.78 is 5.97. The third kappa shape index (κ3) is 4.41. The predicted molar refractivity (Wildman–Crippen MR) is 82.6 cm³/mol. The summed E-state index contributed by atoms with van der Waals surface area (Å²) in [5.41, 5.74) is 1.41. The molecule has 1 atom stereocenters. The molecule has 0 aliphatic carbocycles. The van der Waals surface area contributed by atoms with Gasteiger partial charge in [0.1, 0.15) is 5.75 Å². The molecule has 0 N–H and O–H groups in total. The summed E-state index contributed by atoms with van der Waals surface area (Å²) in [5.74, 6) is 2.25. The molecule has 0 saturated heterocycles. The molecule has 1 unspecified atom stereocenters. The van der Waals surface area contributed by atoms with Crippen molar-refractivity contribution >= 4 is 12.6 Å². The van der Waals surface area contributed by atoms with Gasteiger partial charge in [0.15, 0.2) is 0 Å². The topological polar surface area (TPSA) is 9.23 Å². The molecule has 0 radical (unpaired) electrons. The van der Waals surface area contributed by atoms with Crippen LogP contribution < -0.4 is 4.74 Å². The van der Waals surface area contributed by atoms with E-state index in [1.807, 2.05) is 24.3 Å². The van der Waals surface area contributed by atoms with Crippen LogP contribution in [0.25, 0.3) is 0 Å². The normalized spacial score (nSPS) is 13.1. The van der Waals surface area contributed by atoms with Crippen molar-refractivity contribution in [2.24, 2.45) is 11.3 Å². The van der Waals surface area contributed by atoms with Gasteiger partial charge in [-0.05, 0) is 29.2 Å². The minimum Gasteiger partial charge on any atom is -0.493 e. The first-order chi connectivity index (χ1) is 8.49. The number of thiol groups is 1. The highest BCUT2D eigenvalue weighted by Gasteiger charge is 2.24. The van der Waals surface area contributed by atoms with Crippen LogP contribution in [-0.4, -0.2) is 12.4 Å². The van der Waals surface area contributed by atoms with Gasteiger partial charge in [-0.1, -0.05) is 45.0 Å². The molecule has 0 saturated carbocycles. The van der Waals surface area contributed by atoms with Crippen LogP contribution in [0.15, 0.2) is 36.9 Å². The van der Waals surface area contributed by atoms with Crippen molar-refractivity contribution < 1.29 is 4.74 Å². The number of hydrogen-bond donors (Lipinski definition) is 1. The van der Waals surface area contributed by atoms with E-state index in [4.69, 9.17) is 4.74 Å². The van der Waals surface area contributed by atoms with Gasteiger partial charge in [-0.25, -0.2) is 0 Å². The standard InChI is InChI=1S/C16H24OS/c1-5-8-13-9-6-7-10-15(13)17-11-14(12-18)16(2,3)4/h5-7,9-10,14,18H,1,8,11-12H2,2-4H3. The molecule has 0 heterocycles. The molecule has 100 valence electrons. The Morgan fingerprint density at radius 1 is 1.33 bits per heavy atom. The number of benzene rings is 1. The van der Waals surface area contributed by atoms with Crippen molar-refractivity contribution in [2.45, 2.75) is 27.2 Å². The van der Waals surface area contributed by atoms with E-state index in [0.29, 0.717) is 12.5 Å². The molecule has 0 aromatic heterocycles. The highest BCUT2D eigenvalue weighted by atomic mass is 32.1. The highest BCUT2D eigenvalue weighted by Crippen LogP contribution is 2.28. The summed E-state index contributed by atoms with van der Waals surface area (Å²) in [6.07, 6.45) is 2.75. The molecule has 1 aromatic carbocycles. The molecule has 0 aliphatic rings. The largest absolute Gasteiger partial charge is 0.493 e. The van der Waals surface area contributed by atoms with Gasteiger partial charge in [0.05, 0.1) is 6.61 Å². The fourth-order valence-electron chi connectivity index (χ4n) is 1.74. The number of para-hydroxylation sites is 1. The Hall–Kier alpha value is -0.890. The van der Waals surface area contributed by atoms with Crippen LogP contribution >= 0.6 is 12.6 Å². The molecule has 0 amide bonds. The van der Waals surface area contributed by atoms with Gasteiger partial charge in [-0.3, -0.25) is 0 Å². The lowest BCUT2D eigenvalue weighted by molar-refractivity contribution is 0.164. The second kappa shape index (κ2) is 6.89. The lowest BCUT2D eigenvalue weighted by Crippen LogP contribution is -2.28. The zero-order valence-electron chi connectivity index (χ0n) is 11.6. The second-order valence-corrected chi connectivity index (χ2v) is 6.02. The van der Waals surface area contributed by atoms with E-state index in [2.05, 4.69) is 46.0 Å². The average molecular weight is 264 g/mol. The predicted octanol–water partition coefficient (Wildman–Crippen LogP) is 4.39. The third-order valence-corrected chi connectivity index (χ3v) is 3.66. The summed E-state index contributed by atoms with van der Waals surface area (Å²) in [6.45, 7) is 11.2. The third-order valence-electron chi connectivity index (χ3n) is 3.22. The first-order valence-electron chi connectivity index (χ1n) is 6.41. The quantitative estimate of drug-likeness (QED) is 0.592. The fraction of sp³-hybridized carbons (Fsp3) is 0.500. The summed E-state index contributed by atoms with van der Waals surface area (Å²) in [5, 5.41) is 0. The van der Waals surface area contributed by atoms with Crippen LogP contribution in [0.5, 0.6) is 5.75 Å². The van der Waals surface area contributed by atoms with Gasteiger partial charge in [0.2, 0.25) is 0 Å². The first-order valence-corrected chi connectivity index (χ1v) is 7.04. The van der Waals surface area contributed by atoms with Gasteiger partial charge in [0, 0.05) is 5.92 Å². The van der Waals surface area contributed by atoms with Gasteiger partial charge >= 0.3 is 0 Å². The van der Waals surface area contributed by atoms with Gasteiger partial charge in [0.25, 0.3) is 0 Å². The summed E-state index contributed by atoms with van der Waals surface area (Å²) in [7, 11) is 0. The number of hydrogen-bond acceptors (Lipinski definition) is 2. The number of ether oxygens (including phenoxy) is 1. The van der Waals surface area contributed by atoms with Crippen LogP contribution in [0.1, 0.15) is 26.3 Å². The minimum atomic E-state index is 0.217. The fourth-order valence-corrected chi connectivity index (χ4v) is 2.39. The maximum absolute atomic E-state index is 5.97. The SMILES string of the molecule is C=CCc1ccccc1OCC(CS)C(C)(C)C. The van der Waals surface area contributed by atoms with Crippen molar-refractivity contribution in [3.05, 3.63) is 42.5 Å². The van der Waals surface area contributed by atoms with E-state index in [1.54, 1.807) is 0 Å². The molecular weight excluding hydrogens is 240 g/mol. The zero-order valence-corrected chi connectivity index (χ0v) is 12.5. The maximum Gasteiger partial charge on any atom is 0.122 e. The van der Waals surface area contributed by atoms with Crippen LogP contribution in [-0.2, 0) is 6.42 Å². The van der Waals surface area contributed by atoms with Gasteiger partial charge in [-0.2, -0.15) is 12.6 Å². The van der Waals surface area contributed by atoms with Crippen LogP contribution in [0.2, 0.25) is 0 Å². The maximum atomic E-state index is 5.97. The van der Waals surface area contributed by atoms with Crippen LogP contribution in [0.4, 0.5) is 0 Å². The van der Waals surface area contributed by atoms with Crippen molar-refractivity contribution in [3.8, 4) is 5.75 Å². The molecule has 0 aliphatic heterocycles. The number of allylic oxidation sites excluding steroid dienone is 1. The summed E-state index contributed by atoms with van der Waals surface area (Å²) in [4.78, 5) is 0. The average Bonchev–Trinajstić information content (AvgIpc) is 2.30. The Morgan fingerprint density at radius 2 is 2.00 bits per heavy atom. The van der Waals surface area contributed by atoms with Gasteiger partial charge < -0.3 is 4.74 Å². The van der Waals surface area contributed by atoms with Crippen molar-refractivity contribution in [1.82, 2.24) is 0 Å². The highest BCUT2D eigenvalue weighted by molar-refractivity contribution is 7.80. The molecule has 1 aromatic rings. The minimum absolute atomic E-state index is 0.217. The van der Waals surface area contributed by atoms with E-state index in [9.17, 15) is 0 Å². The van der Waals surface area contributed by atoms with E-state index in [1.165, 1.54) is 5.56 Å². The van der Waals surface area contributed by atoms with Crippen molar-refractivity contribution in [2.75, 3.05) is 12.4 Å². The lowest BCUT2D eigenvalue weighted by atomic mass is 9.82. The lowest BCUT2D eigenvalue weighted by Gasteiger charge is -2.29.